The zero-order valence-electron chi connectivity index (χ0n) is 6.55. The number of aromatic hydroxyl groups is 1. The molecule has 0 bridgehead atoms. The highest BCUT2D eigenvalue weighted by atomic mass is 16.3. The number of hydrogen-bond acceptors (Lipinski definition) is 3. The first-order valence-electron chi connectivity index (χ1n) is 3.33. The Kier molecular flexibility index (Phi) is 1.89. The van der Waals surface area contributed by atoms with Crippen molar-refractivity contribution in [2.75, 3.05) is 0 Å². The molecule has 2 N–H and O–H groups in total. The quantitative estimate of drug-likeness (QED) is 0.596. The van der Waals surface area contributed by atoms with E-state index in [1.807, 2.05) is 0 Å². The third kappa shape index (κ3) is 1.55. The van der Waals surface area contributed by atoms with Crippen molar-refractivity contribution in [2.24, 2.45) is 0 Å². The summed E-state index contributed by atoms with van der Waals surface area (Å²) in [5.41, 5.74) is 1.58. The summed E-state index contributed by atoms with van der Waals surface area (Å²) in [5.74, 6) is -0.0579. The second kappa shape index (κ2) is 2.70. The van der Waals surface area contributed by atoms with Gasteiger partial charge in [-0.2, -0.15) is 0 Å². The number of rotatable bonds is 1. The molecule has 0 atom stereocenters. The molecule has 1 aromatic rings. The molecule has 0 saturated carbocycles. The average Bonchev–Trinajstić information content (AvgIpc) is 1.85. The van der Waals surface area contributed by atoms with Gasteiger partial charge in [0.05, 0.1) is 5.56 Å². The van der Waals surface area contributed by atoms with E-state index < -0.39 is 0 Å². The van der Waals surface area contributed by atoms with Crippen LogP contribution in [0.15, 0.2) is 12.1 Å². The minimum absolute atomic E-state index is 0.0579. The van der Waals surface area contributed by atoms with Gasteiger partial charge in [0.25, 0.3) is 0 Å². The van der Waals surface area contributed by atoms with Crippen molar-refractivity contribution in [3.05, 3.63) is 23.4 Å². The molecule has 3 heteroatoms. The molecule has 1 rings (SSSR count). The molecular formula is C8H10N2O. The normalized spacial score (nSPS) is 9.64. The van der Waals surface area contributed by atoms with E-state index in [4.69, 9.17) is 5.41 Å². The molecule has 1 aromatic heterocycles. The third-order valence-electron chi connectivity index (χ3n) is 1.42. The molecule has 1 heterocycles. The van der Waals surface area contributed by atoms with Crippen LogP contribution in [0, 0.1) is 12.3 Å². The molecule has 0 saturated heterocycles. The van der Waals surface area contributed by atoms with Gasteiger partial charge in [0.15, 0.2) is 0 Å². The van der Waals surface area contributed by atoms with Crippen molar-refractivity contribution < 1.29 is 5.11 Å². The van der Waals surface area contributed by atoms with Crippen LogP contribution in [0.25, 0.3) is 0 Å². The van der Waals surface area contributed by atoms with Crippen LogP contribution in [0.1, 0.15) is 18.2 Å². The molecule has 0 aromatic carbocycles. The van der Waals surface area contributed by atoms with Crippen LogP contribution in [0.2, 0.25) is 0 Å². The van der Waals surface area contributed by atoms with Crippen molar-refractivity contribution >= 4 is 5.71 Å². The van der Waals surface area contributed by atoms with E-state index in [1.165, 1.54) is 0 Å². The summed E-state index contributed by atoms with van der Waals surface area (Å²) in [6.07, 6.45) is 0. The largest absolute Gasteiger partial charge is 0.493 e. The predicted molar refractivity (Wildman–Crippen MR) is 43.1 cm³/mol. The van der Waals surface area contributed by atoms with Crippen LogP contribution in [-0.2, 0) is 0 Å². The lowest BCUT2D eigenvalue weighted by Gasteiger charge is -2.00. The Morgan fingerprint density at radius 2 is 2.18 bits per heavy atom. The van der Waals surface area contributed by atoms with E-state index >= 15 is 0 Å². The second-order valence-corrected chi connectivity index (χ2v) is 2.45. The van der Waals surface area contributed by atoms with Crippen LogP contribution >= 0.6 is 0 Å². The van der Waals surface area contributed by atoms with E-state index in [0.29, 0.717) is 11.3 Å². The van der Waals surface area contributed by atoms with Crippen LogP contribution in [0.4, 0.5) is 0 Å². The molecule has 0 fully saturated rings. The fourth-order valence-electron chi connectivity index (χ4n) is 0.836. The summed E-state index contributed by atoms with van der Waals surface area (Å²) >= 11 is 0. The third-order valence-corrected chi connectivity index (χ3v) is 1.42. The standard InChI is InChI=1S/C8H10N2O/c1-5-3-4-7(6(2)9)8(11)10-5/h3-4,9H,1-2H3,(H,10,11). The lowest BCUT2D eigenvalue weighted by Crippen LogP contribution is -1.95. The first-order chi connectivity index (χ1) is 5.11. The molecule has 0 amide bonds. The Hall–Kier alpha value is -1.38. The smallest absolute Gasteiger partial charge is 0.220 e. The van der Waals surface area contributed by atoms with Crippen molar-refractivity contribution in [3.63, 3.8) is 0 Å². The number of pyridine rings is 1. The van der Waals surface area contributed by atoms with Gasteiger partial charge in [-0.3, -0.25) is 0 Å². The van der Waals surface area contributed by atoms with Crippen LogP contribution < -0.4 is 0 Å². The zero-order valence-corrected chi connectivity index (χ0v) is 6.55. The van der Waals surface area contributed by atoms with Gasteiger partial charge in [0, 0.05) is 11.4 Å². The number of aromatic nitrogens is 1. The molecule has 0 aliphatic rings. The van der Waals surface area contributed by atoms with Gasteiger partial charge in [-0.05, 0) is 26.0 Å². The highest BCUT2D eigenvalue weighted by Gasteiger charge is 2.03. The Labute approximate surface area is 65.2 Å². The van der Waals surface area contributed by atoms with Crippen LogP contribution in [0.3, 0.4) is 0 Å². The minimum Gasteiger partial charge on any atom is -0.493 e. The SMILES string of the molecule is CC(=N)c1ccc(C)nc1O. The van der Waals surface area contributed by atoms with Gasteiger partial charge < -0.3 is 10.5 Å². The van der Waals surface area contributed by atoms with Gasteiger partial charge in [0.2, 0.25) is 5.88 Å². The lowest BCUT2D eigenvalue weighted by molar-refractivity contribution is 0.451. The summed E-state index contributed by atoms with van der Waals surface area (Å²) < 4.78 is 0. The van der Waals surface area contributed by atoms with Crippen molar-refractivity contribution in [3.8, 4) is 5.88 Å². The van der Waals surface area contributed by atoms with Crippen molar-refractivity contribution in [1.82, 2.24) is 4.98 Å². The van der Waals surface area contributed by atoms with E-state index in [-0.39, 0.29) is 5.88 Å². The highest BCUT2D eigenvalue weighted by Crippen LogP contribution is 2.13. The van der Waals surface area contributed by atoms with E-state index in [0.717, 1.165) is 5.69 Å². The predicted octanol–water partition coefficient (Wildman–Crippen LogP) is 1.48. The van der Waals surface area contributed by atoms with Gasteiger partial charge in [0.1, 0.15) is 0 Å². The average molecular weight is 150 g/mol. The molecule has 0 unspecified atom stereocenters. The summed E-state index contributed by atoms with van der Waals surface area (Å²) in [5, 5.41) is 16.5. The van der Waals surface area contributed by atoms with Crippen molar-refractivity contribution in [2.45, 2.75) is 13.8 Å². The zero-order chi connectivity index (χ0) is 8.43. The first-order valence-corrected chi connectivity index (χ1v) is 3.33. The van der Waals surface area contributed by atoms with E-state index in [1.54, 1.807) is 26.0 Å². The van der Waals surface area contributed by atoms with Gasteiger partial charge >= 0.3 is 0 Å². The molecule has 0 aliphatic heterocycles. The maximum Gasteiger partial charge on any atom is 0.220 e. The Bertz CT molecular complexity index is 294. The fourth-order valence-corrected chi connectivity index (χ4v) is 0.836. The Morgan fingerprint density at radius 1 is 1.55 bits per heavy atom. The highest BCUT2D eigenvalue weighted by molar-refractivity contribution is 5.98. The summed E-state index contributed by atoms with van der Waals surface area (Å²) in [6, 6.07) is 3.47. The van der Waals surface area contributed by atoms with Crippen LogP contribution in [-0.4, -0.2) is 15.8 Å². The lowest BCUT2D eigenvalue weighted by atomic mass is 10.2. The topological polar surface area (TPSA) is 57.0 Å². The number of hydrogen-bond donors (Lipinski definition) is 2. The van der Waals surface area contributed by atoms with E-state index in [9.17, 15) is 5.11 Å². The summed E-state index contributed by atoms with van der Waals surface area (Å²) in [4.78, 5) is 3.81. The Balaban J connectivity index is 3.20. The number of aryl methyl sites for hydroxylation is 1. The van der Waals surface area contributed by atoms with Gasteiger partial charge in [-0.25, -0.2) is 4.98 Å². The molecule has 11 heavy (non-hydrogen) atoms. The molecule has 0 spiro atoms. The first kappa shape index (κ1) is 7.72. The molecule has 0 aliphatic carbocycles. The van der Waals surface area contributed by atoms with Crippen molar-refractivity contribution in [1.29, 1.82) is 5.41 Å². The Morgan fingerprint density at radius 3 is 2.64 bits per heavy atom. The minimum atomic E-state index is -0.0579. The van der Waals surface area contributed by atoms with Gasteiger partial charge in [-0.15, -0.1) is 0 Å². The van der Waals surface area contributed by atoms with Crippen LogP contribution in [0.5, 0.6) is 5.88 Å². The molecule has 3 nitrogen and oxygen atoms in total. The monoisotopic (exact) mass is 150 g/mol. The summed E-state index contributed by atoms with van der Waals surface area (Å²) in [6.45, 7) is 3.41. The maximum atomic E-state index is 9.21. The molecule has 0 radical (unpaired) electrons. The second-order valence-electron chi connectivity index (χ2n) is 2.45. The number of nitrogens with zero attached hydrogens (tertiary/aromatic N) is 1. The van der Waals surface area contributed by atoms with E-state index in [2.05, 4.69) is 4.98 Å². The molecular weight excluding hydrogens is 140 g/mol. The molecule has 58 valence electrons. The summed E-state index contributed by atoms with van der Waals surface area (Å²) in [7, 11) is 0. The maximum absolute atomic E-state index is 9.21. The van der Waals surface area contributed by atoms with Gasteiger partial charge in [-0.1, -0.05) is 0 Å². The number of nitrogens with one attached hydrogen (secondary N) is 1. The fraction of sp³-hybridized carbons (Fsp3) is 0.250.